The van der Waals surface area contributed by atoms with Crippen molar-refractivity contribution in [2.45, 2.75) is 33.6 Å². The average molecular weight is 217 g/mol. The molecular weight excluding hydrogens is 202 g/mol. The van der Waals surface area contributed by atoms with Gasteiger partial charge >= 0.3 is 12.1 Å². The first-order valence-electron chi connectivity index (χ1n) is 4.77. The zero-order valence-corrected chi connectivity index (χ0v) is 9.11. The Morgan fingerprint density at radius 3 is 2.07 bits per heavy atom. The van der Waals surface area contributed by atoms with E-state index < -0.39 is 18.0 Å². The van der Waals surface area contributed by atoms with Gasteiger partial charge in [-0.2, -0.15) is 0 Å². The molecule has 0 aromatic rings. The van der Waals surface area contributed by atoms with Crippen LogP contribution in [0.1, 0.15) is 33.6 Å². The summed E-state index contributed by atoms with van der Waals surface area (Å²) in [4.78, 5) is 37.9. The summed E-state index contributed by atoms with van der Waals surface area (Å²) < 4.78 is 4.56. The molecule has 15 heavy (non-hydrogen) atoms. The SMILES string of the molecule is CCOC(=O)N(OC(=O)CC)C(=O)CC. The molecule has 0 heterocycles. The lowest BCUT2D eigenvalue weighted by Gasteiger charge is -2.17. The predicted molar refractivity (Wildman–Crippen MR) is 50.5 cm³/mol. The molecular formula is C9H15NO5. The number of hydroxylamine groups is 2. The number of rotatable bonds is 3. The van der Waals surface area contributed by atoms with Crippen molar-refractivity contribution in [1.82, 2.24) is 5.06 Å². The Bertz CT molecular complexity index is 251. The predicted octanol–water partition coefficient (Wildman–Crippen LogP) is 1.25. The molecule has 6 heteroatoms. The lowest BCUT2D eigenvalue weighted by molar-refractivity contribution is -0.189. The molecule has 0 bridgehead atoms. The molecule has 0 aliphatic heterocycles. The fourth-order valence-corrected chi connectivity index (χ4v) is 0.682. The van der Waals surface area contributed by atoms with Crippen LogP contribution in [0.25, 0.3) is 0 Å². The quantitative estimate of drug-likeness (QED) is 0.665. The maximum absolute atomic E-state index is 11.2. The number of imide groups is 1. The van der Waals surface area contributed by atoms with Gasteiger partial charge in [0.25, 0.3) is 5.91 Å². The Kier molecular flexibility index (Phi) is 6.08. The fraction of sp³-hybridized carbons (Fsp3) is 0.667. The Hall–Kier alpha value is -1.59. The summed E-state index contributed by atoms with van der Waals surface area (Å²) in [6.07, 6.45) is -0.839. The summed E-state index contributed by atoms with van der Waals surface area (Å²) >= 11 is 0. The largest absolute Gasteiger partial charge is 0.451 e. The highest BCUT2D eigenvalue weighted by atomic mass is 16.8. The summed E-state index contributed by atoms with van der Waals surface area (Å²) in [6, 6.07) is 0. The van der Waals surface area contributed by atoms with Gasteiger partial charge in [-0.05, 0) is 6.92 Å². The van der Waals surface area contributed by atoms with Gasteiger partial charge in [0.1, 0.15) is 0 Å². The zero-order valence-electron chi connectivity index (χ0n) is 9.11. The van der Waals surface area contributed by atoms with Gasteiger partial charge in [-0.25, -0.2) is 9.59 Å². The van der Waals surface area contributed by atoms with Crippen LogP contribution < -0.4 is 0 Å². The Balaban J connectivity index is 4.50. The molecule has 0 aliphatic rings. The second-order valence-corrected chi connectivity index (χ2v) is 2.56. The molecule has 0 unspecified atom stereocenters. The summed E-state index contributed by atoms with van der Waals surface area (Å²) in [6.45, 7) is 4.81. The second kappa shape index (κ2) is 6.80. The number of hydrogen-bond donors (Lipinski definition) is 0. The molecule has 0 aliphatic carbocycles. The molecule has 0 spiro atoms. The third-order valence-electron chi connectivity index (χ3n) is 1.44. The topological polar surface area (TPSA) is 72.9 Å². The molecule has 86 valence electrons. The fourth-order valence-electron chi connectivity index (χ4n) is 0.682. The van der Waals surface area contributed by atoms with E-state index >= 15 is 0 Å². The molecule has 0 saturated carbocycles. The van der Waals surface area contributed by atoms with E-state index in [0.29, 0.717) is 5.06 Å². The molecule has 0 aromatic heterocycles. The van der Waals surface area contributed by atoms with Crippen LogP contribution in [0.15, 0.2) is 0 Å². The molecule has 6 nitrogen and oxygen atoms in total. The van der Waals surface area contributed by atoms with Gasteiger partial charge in [0.2, 0.25) is 0 Å². The number of ether oxygens (including phenoxy) is 1. The van der Waals surface area contributed by atoms with Gasteiger partial charge in [0.05, 0.1) is 6.61 Å². The van der Waals surface area contributed by atoms with Gasteiger partial charge in [0.15, 0.2) is 0 Å². The third-order valence-corrected chi connectivity index (χ3v) is 1.44. The van der Waals surface area contributed by atoms with Crippen molar-refractivity contribution in [3.63, 3.8) is 0 Å². The first kappa shape index (κ1) is 13.4. The number of nitrogens with zero attached hydrogens (tertiary/aromatic N) is 1. The van der Waals surface area contributed by atoms with E-state index in [1.54, 1.807) is 20.8 Å². The van der Waals surface area contributed by atoms with Crippen molar-refractivity contribution in [1.29, 1.82) is 0 Å². The lowest BCUT2D eigenvalue weighted by Crippen LogP contribution is -2.38. The highest BCUT2D eigenvalue weighted by Crippen LogP contribution is 2.01. The van der Waals surface area contributed by atoms with E-state index in [9.17, 15) is 14.4 Å². The lowest BCUT2D eigenvalue weighted by atomic mass is 10.4. The molecule has 0 saturated heterocycles. The number of carbonyl (C=O) groups is 3. The number of carbonyl (C=O) groups excluding carboxylic acids is 3. The maximum atomic E-state index is 11.2. The molecule has 0 atom stereocenters. The average Bonchev–Trinajstić information content (AvgIpc) is 2.24. The van der Waals surface area contributed by atoms with Gasteiger partial charge in [-0.1, -0.05) is 18.9 Å². The first-order valence-corrected chi connectivity index (χ1v) is 4.77. The standard InChI is InChI=1S/C9H15NO5/c1-4-7(11)10(9(13)14-6-3)15-8(12)5-2/h4-6H2,1-3H3. The van der Waals surface area contributed by atoms with Crippen LogP contribution in [0.3, 0.4) is 0 Å². The van der Waals surface area contributed by atoms with Gasteiger partial charge in [-0.3, -0.25) is 4.79 Å². The van der Waals surface area contributed by atoms with Gasteiger partial charge in [-0.15, -0.1) is 0 Å². The van der Waals surface area contributed by atoms with Crippen molar-refractivity contribution < 1.29 is 24.0 Å². The molecule has 2 amide bonds. The minimum absolute atomic E-state index is 0.0514. The number of amides is 2. The highest BCUT2D eigenvalue weighted by molar-refractivity contribution is 5.91. The summed E-state index contributed by atoms with van der Waals surface area (Å²) in [7, 11) is 0. The Labute approximate surface area is 88.1 Å². The summed E-state index contributed by atoms with van der Waals surface area (Å²) in [5, 5.41) is 0.356. The van der Waals surface area contributed by atoms with Crippen molar-refractivity contribution >= 4 is 18.0 Å². The normalized spacial score (nSPS) is 9.27. The minimum Gasteiger partial charge on any atom is -0.447 e. The van der Waals surface area contributed by atoms with Crippen LogP contribution >= 0.6 is 0 Å². The molecule has 0 aromatic carbocycles. The monoisotopic (exact) mass is 217 g/mol. The van der Waals surface area contributed by atoms with Gasteiger partial charge in [0, 0.05) is 12.8 Å². The smallest absolute Gasteiger partial charge is 0.447 e. The van der Waals surface area contributed by atoms with E-state index in [1.807, 2.05) is 0 Å². The van der Waals surface area contributed by atoms with Crippen LogP contribution in [0.5, 0.6) is 0 Å². The van der Waals surface area contributed by atoms with E-state index in [-0.39, 0.29) is 19.4 Å². The highest BCUT2D eigenvalue weighted by Gasteiger charge is 2.25. The van der Waals surface area contributed by atoms with E-state index in [0.717, 1.165) is 0 Å². The van der Waals surface area contributed by atoms with Crippen LogP contribution in [-0.2, 0) is 19.2 Å². The summed E-state index contributed by atoms with van der Waals surface area (Å²) in [5.41, 5.74) is 0. The van der Waals surface area contributed by atoms with Crippen molar-refractivity contribution in [3.8, 4) is 0 Å². The number of hydrogen-bond acceptors (Lipinski definition) is 5. The summed E-state index contributed by atoms with van der Waals surface area (Å²) in [5.74, 6) is -1.28. The van der Waals surface area contributed by atoms with Crippen molar-refractivity contribution in [2.24, 2.45) is 0 Å². The third kappa shape index (κ3) is 4.44. The molecule has 0 radical (unpaired) electrons. The van der Waals surface area contributed by atoms with Crippen LogP contribution in [-0.4, -0.2) is 29.6 Å². The zero-order chi connectivity index (χ0) is 11.8. The van der Waals surface area contributed by atoms with E-state index in [4.69, 9.17) is 0 Å². The van der Waals surface area contributed by atoms with Crippen molar-refractivity contribution in [2.75, 3.05) is 6.61 Å². The maximum Gasteiger partial charge on any atom is 0.451 e. The molecule has 0 fully saturated rings. The Morgan fingerprint density at radius 1 is 1.07 bits per heavy atom. The molecule has 0 N–H and O–H groups in total. The second-order valence-electron chi connectivity index (χ2n) is 2.56. The van der Waals surface area contributed by atoms with E-state index in [2.05, 4.69) is 9.57 Å². The molecule has 0 rings (SSSR count). The van der Waals surface area contributed by atoms with Crippen LogP contribution in [0.2, 0.25) is 0 Å². The first-order chi connectivity index (χ1) is 7.06. The van der Waals surface area contributed by atoms with E-state index in [1.165, 1.54) is 0 Å². The Morgan fingerprint density at radius 2 is 1.67 bits per heavy atom. The van der Waals surface area contributed by atoms with Crippen LogP contribution in [0, 0.1) is 0 Å². The minimum atomic E-state index is -0.967. The van der Waals surface area contributed by atoms with Crippen LogP contribution in [0.4, 0.5) is 4.79 Å². The van der Waals surface area contributed by atoms with Gasteiger partial charge < -0.3 is 9.57 Å². The van der Waals surface area contributed by atoms with Crippen molar-refractivity contribution in [3.05, 3.63) is 0 Å².